The third-order valence-corrected chi connectivity index (χ3v) is 6.59. The van der Waals surface area contributed by atoms with E-state index < -0.39 is 53.0 Å². The van der Waals surface area contributed by atoms with Gasteiger partial charge in [0.2, 0.25) is 12.2 Å². The summed E-state index contributed by atoms with van der Waals surface area (Å²) in [5, 5.41) is 32.6. The van der Waals surface area contributed by atoms with Crippen molar-refractivity contribution in [2.24, 2.45) is 0 Å². The highest BCUT2D eigenvalue weighted by Gasteiger charge is 2.46. The molecular formula is C21H27NO8S. The van der Waals surface area contributed by atoms with E-state index in [1.807, 2.05) is 6.08 Å². The Kier molecular flexibility index (Phi) is 7.17. The van der Waals surface area contributed by atoms with Crippen molar-refractivity contribution in [3.63, 3.8) is 0 Å². The highest BCUT2D eigenvalue weighted by Crippen LogP contribution is 2.37. The maximum atomic E-state index is 12.0. The molecule has 170 valence electrons. The van der Waals surface area contributed by atoms with Crippen LogP contribution < -0.4 is 10.1 Å². The van der Waals surface area contributed by atoms with Crippen molar-refractivity contribution in [3.05, 3.63) is 53.0 Å². The largest absolute Gasteiger partial charge is 0.462 e. The number of carbonyl (C=O) groups is 1. The van der Waals surface area contributed by atoms with Crippen LogP contribution in [0.15, 0.2) is 47.4 Å². The van der Waals surface area contributed by atoms with Crippen LogP contribution in [0.25, 0.3) is 0 Å². The zero-order valence-corrected chi connectivity index (χ0v) is 18.0. The van der Waals surface area contributed by atoms with Gasteiger partial charge < -0.3 is 30.1 Å². The van der Waals surface area contributed by atoms with Gasteiger partial charge in [-0.2, -0.15) is 0 Å². The molecule has 0 saturated carbocycles. The number of hydrogen-bond donors (Lipinski definition) is 4. The summed E-state index contributed by atoms with van der Waals surface area (Å²) in [6.07, 6.45) is 1.38. The van der Waals surface area contributed by atoms with Crippen LogP contribution in [0.2, 0.25) is 0 Å². The number of sulfone groups is 1. The van der Waals surface area contributed by atoms with Gasteiger partial charge in [-0.25, -0.2) is 8.42 Å². The van der Waals surface area contributed by atoms with Crippen molar-refractivity contribution < 1.29 is 38.0 Å². The normalized spacial score (nSPS) is 31.1. The molecule has 2 aliphatic rings. The van der Waals surface area contributed by atoms with E-state index in [0.717, 1.165) is 6.26 Å². The lowest BCUT2D eigenvalue weighted by Crippen LogP contribution is -2.65. The number of rotatable bonds is 6. The summed E-state index contributed by atoms with van der Waals surface area (Å²) in [5.74, 6) is -0.368. The maximum Gasteiger partial charge on any atom is 0.223 e. The average Bonchev–Trinajstić information content (AvgIpc) is 2.73. The molecule has 6 atom stereocenters. The van der Waals surface area contributed by atoms with Crippen molar-refractivity contribution in [3.8, 4) is 5.75 Å². The van der Waals surface area contributed by atoms with Crippen molar-refractivity contribution in [1.29, 1.82) is 0 Å². The quantitative estimate of drug-likeness (QED) is 0.471. The summed E-state index contributed by atoms with van der Waals surface area (Å²) in [5.41, 5.74) is 0.694. The van der Waals surface area contributed by atoms with Gasteiger partial charge in [-0.15, -0.1) is 0 Å². The third-order valence-electron chi connectivity index (χ3n) is 5.34. The highest BCUT2D eigenvalue weighted by atomic mass is 32.2. The van der Waals surface area contributed by atoms with E-state index in [2.05, 4.69) is 5.32 Å². The molecule has 1 aliphatic carbocycles. The number of carbonyl (C=O) groups excluding carboxylic acids is 1. The van der Waals surface area contributed by atoms with Gasteiger partial charge in [-0.05, 0) is 18.6 Å². The van der Waals surface area contributed by atoms with Gasteiger partial charge in [0.25, 0.3) is 0 Å². The van der Waals surface area contributed by atoms with Crippen molar-refractivity contribution in [2.45, 2.75) is 49.9 Å². The van der Waals surface area contributed by atoms with Gasteiger partial charge in [0.05, 0.1) is 6.61 Å². The molecule has 9 nitrogen and oxygen atoms in total. The van der Waals surface area contributed by atoms with E-state index in [1.165, 1.54) is 6.92 Å². The molecular weight excluding hydrogens is 426 g/mol. The van der Waals surface area contributed by atoms with E-state index in [1.54, 1.807) is 36.4 Å². The predicted molar refractivity (Wildman–Crippen MR) is 112 cm³/mol. The van der Waals surface area contributed by atoms with Crippen LogP contribution in [0, 0.1) is 0 Å². The molecule has 1 aliphatic heterocycles. The number of benzene rings is 1. The summed E-state index contributed by atoms with van der Waals surface area (Å²) >= 11 is 0. The van der Waals surface area contributed by atoms with Gasteiger partial charge in [0.1, 0.15) is 30.1 Å². The van der Waals surface area contributed by atoms with Gasteiger partial charge in [0, 0.05) is 29.6 Å². The number of hydrogen-bond acceptors (Lipinski definition) is 8. The monoisotopic (exact) mass is 453 g/mol. The minimum Gasteiger partial charge on any atom is -0.462 e. The van der Waals surface area contributed by atoms with Crippen molar-refractivity contribution >= 4 is 15.7 Å². The summed E-state index contributed by atoms with van der Waals surface area (Å²) in [4.78, 5) is 11.9. The summed E-state index contributed by atoms with van der Waals surface area (Å²) in [6.45, 7) is 0.703. The minimum atomic E-state index is -3.34. The Morgan fingerprint density at radius 1 is 1.26 bits per heavy atom. The van der Waals surface area contributed by atoms with Gasteiger partial charge >= 0.3 is 0 Å². The Labute approximate surface area is 180 Å². The molecule has 31 heavy (non-hydrogen) atoms. The first-order valence-corrected chi connectivity index (χ1v) is 11.7. The zero-order valence-electron chi connectivity index (χ0n) is 17.2. The molecule has 0 bridgehead atoms. The lowest BCUT2D eigenvalue weighted by Gasteiger charge is -2.42. The first kappa shape index (κ1) is 23.4. The number of amides is 1. The fourth-order valence-electron chi connectivity index (χ4n) is 3.73. The summed E-state index contributed by atoms with van der Waals surface area (Å²) in [6, 6.07) is 5.89. The second kappa shape index (κ2) is 9.49. The summed E-state index contributed by atoms with van der Waals surface area (Å²) < 4.78 is 35.6. The number of aliphatic hydroxyl groups is 3. The number of para-hydroxylation sites is 1. The zero-order chi connectivity index (χ0) is 22.8. The molecule has 1 fully saturated rings. The van der Waals surface area contributed by atoms with Crippen molar-refractivity contribution in [2.75, 3.05) is 12.9 Å². The fraction of sp³-hybridized carbons (Fsp3) is 0.476. The molecule has 1 saturated heterocycles. The smallest absolute Gasteiger partial charge is 0.223 e. The summed E-state index contributed by atoms with van der Waals surface area (Å²) in [7, 11) is -3.34. The van der Waals surface area contributed by atoms with Crippen LogP contribution in [-0.2, 0) is 19.4 Å². The van der Waals surface area contributed by atoms with E-state index in [4.69, 9.17) is 9.47 Å². The predicted octanol–water partition coefficient (Wildman–Crippen LogP) is -0.0189. The molecule has 6 unspecified atom stereocenters. The second-order valence-corrected chi connectivity index (χ2v) is 9.76. The Morgan fingerprint density at radius 3 is 2.61 bits per heavy atom. The molecule has 1 amide bonds. The molecule has 4 N–H and O–H groups in total. The fourth-order valence-corrected chi connectivity index (χ4v) is 4.54. The molecule has 0 spiro atoms. The maximum absolute atomic E-state index is 12.0. The Hall–Kier alpha value is -2.24. The number of ether oxygens (including phenoxy) is 2. The third kappa shape index (κ3) is 5.34. The molecule has 10 heteroatoms. The van der Waals surface area contributed by atoms with E-state index in [9.17, 15) is 28.5 Å². The topological polar surface area (TPSA) is 142 Å². The van der Waals surface area contributed by atoms with E-state index in [0.29, 0.717) is 16.2 Å². The van der Waals surface area contributed by atoms with E-state index >= 15 is 0 Å². The molecule has 1 aromatic carbocycles. The van der Waals surface area contributed by atoms with Crippen LogP contribution in [0.1, 0.15) is 24.8 Å². The van der Waals surface area contributed by atoms with Crippen molar-refractivity contribution in [1.82, 2.24) is 5.32 Å². The number of aliphatic hydroxyl groups excluding tert-OH is 3. The lowest BCUT2D eigenvalue weighted by molar-refractivity contribution is -0.244. The SMILES string of the molecule is CC(=O)NC1C(Oc2ccccc2C2C=CC=C(S(C)(=O)=O)C2)OC(CO)C(O)C1O. The van der Waals surface area contributed by atoms with Crippen LogP contribution in [0.4, 0.5) is 0 Å². The molecule has 0 radical (unpaired) electrons. The first-order valence-electron chi connectivity index (χ1n) is 9.84. The first-order chi connectivity index (χ1) is 14.6. The minimum absolute atomic E-state index is 0.261. The molecule has 1 aromatic rings. The standard InChI is InChI=1S/C21H27NO8S/c1-12(24)22-18-20(26)19(25)17(11-23)30-21(18)29-16-9-4-3-8-15(16)13-6-5-7-14(10-13)31(2,27)28/h3-9,13,17-21,23,25-26H,10-11H2,1-2H3,(H,22,24). The van der Waals surface area contributed by atoms with Gasteiger partial charge in [0.15, 0.2) is 9.84 Å². The van der Waals surface area contributed by atoms with Gasteiger partial charge in [-0.1, -0.05) is 30.4 Å². The molecule has 1 heterocycles. The molecule has 0 aromatic heterocycles. The highest BCUT2D eigenvalue weighted by molar-refractivity contribution is 7.94. The molecule has 3 rings (SSSR count). The Bertz CT molecular complexity index is 973. The number of nitrogens with one attached hydrogen (secondary N) is 1. The van der Waals surface area contributed by atoms with Crippen LogP contribution in [0.5, 0.6) is 5.75 Å². The Morgan fingerprint density at radius 2 is 1.97 bits per heavy atom. The second-order valence-electron chi connectivity index (χ2n) is 7.69. The Balaban J connectivity index is 1.89. The van der Waals surface area contributed by atoms with Crippen LogP contribution >= 0.6 is 0 Å². The van der Waals surface area contributed by atoms with E-state index in [-0.39, 0.29) is 12.3 Å². The lowest BCUT2D eigenvalue weighted by atomic mass is 9.91. The van der Waals surface area contributed by atoms with Crippen LogP contribution in [-0.4, -0.2) is 73.2 Å². The van der Waals surface area contributed by atoms with Crippen LogP contribution in [0.3, 0.4) is 0 Å². The average molecular weight is 454 g/mol. The number of allylic oxidation sites excluding steroid dienone is 4. The van der Waals surface area contributed by atoms with Gasteiger partial charge in [-0.3, -0.25) is 4.79 Å².